The lowest BCUT2D eigenvalue weighted by Gasteiger charge is -2.05. The Morgan fingerprint density at radius 2 is 1.94 bits per heavy atom. The van der Waals surface area contributed by atoms with Gasteiger partial charge >= 0.3 is 0 Å². The number of nitrogens with zero attached hydrogens (tertiary/aromatic N) is 2. The van der Waals surface area contributed by atoms with E-state index in [1.165, 1.54) is 0 Å². The van der Waals surface area contributed by atoms with Gasteiger partial charge in [-0.2, -0.15) is 5.10 Å². The molecule has 1 heterocycles. The quantitative estimate of drug-likeness (QED) is 0.801. The van der Waals surface area contributed by atoms with Crippen LogP contribution in [0, 0.1) is 0 Å². The van der Waals surface area contributed by atoms with Crippen molar-refractivity contribution in [2.45, 2.75) is 12.6 Å². The van der Waals surface area contributed by atoms with Crippen molar-refractivity contribution in [1.82, 2.24) is 9.78 Å². The fourth-order valence-corrected chi connectivity index (χ4v) is 1.52. The summed E-state index contributed by atoms with van der Waals surface area (Å²) < 4.78 is 1.63. The van der Waals surface area contributed by atoms with Crippen LogP contribution in [0.3, 0.4) is 0 Å². The van der Waals surface area contributed by atoms with Gasteiger partial charge in [0, 0.05) is 11.8 Å². The first-order valence-corrected chi connectivity index (χ1v) is 5.16. The Morgan fingerprint density at radius 3 is 2.62 bits per heavy atom. The first kappa shape index (κ1) is 10.9. The zero-order valence-electron chi connectivity index (χ0n) is 8.82. The van der Waals surface area contributed by atoms with Crippen molar-refractivity contribution in [3.63, 3.8) is 0 Å². The van der Waals surface area contributed by atoms with Crippen LogP contribution in [0.25, 0.3) is 11.1 Å². The predicted octanol–water partition coefficient (Wildman–Crippen LogP) is 0.903. The molecule has 1 aromatic carbocycles. The second-order valence-electron chi connectivity index (χ2n) is 3.65. The third-order valence-electron chi connectivity index (χ3n) is 2.35. The summed E-state index contributed by atoms with van der Waals surface area (Å²) in [4.78, 5) is 0. The average molecular weight is 218 g/mol. The molecule has 2 rings (SSSR count). The number of hydrogen-bond donors (Lipinski definition) is 2. The third kappa shape index (κ3) is 2.48. The molecule has 0 aliphatic carbocycles. The largest absolute Gasteiger partial charge is 0.394 e. The standard InChI is InChI=1S/C12H14N2O2/c15-9-12(16)8-14-7-11(6-13-14)10-4-2-1-3-5-10/h1-7,12,15-16H,8-9H2. The van der Waals surface area contributed by atoms with Crippen LogP contribution in [0.1, 0.15) is 0 Å². The van der Waals surface area contributed by atoms with Gasteiger partial charge in [-0.15, -0.1) is 0 Å². The van der Waals surface area contributed by atoms with Crippen molar-refractivity contribution < 1.29 is 10.2 Å². The van der Waals surface area contributed by atoms with Crippen LogP contribution in [-0.2, 0) is 6.54 Å². The summed E-state index contributed by atoms with van der Waals surface area (Å²) in [6.45, 7) is 0.0594. The van der Waals surface area contributed by atoms with Crippen molar-refractivity contribution in [1.29, 1.82) is 0 Å². The molecule has 16 heavy (non-hydrogen) atoms. The van der Waals surface area contributed by atoms with Crippen molar-refractivity contribution in [2.75, 3.05) is 6.61 Å². The number of aliphatic hydroxyl groups excluding tert-OH is 2. The molecule has 1 unspecified atom stereocenters. The molecule has 4 heteroatoms. The molecular formula is C12H14N2O2. The highest BCUT2D eigenvalue weighted by Gasteiger charge is 2.05. The maximum atomic E-state index is 9.28. The number of hydrogen-bond acceptors (Lipinski definition) is 3. The van der Waals surface area contributed by atoms with Crippen LogP contribution in [0.2, 0.25) is 0 Å². The molecule has 2 N–H and O–H groups in total. The molecular weight excluding hydrogens is 204 g/mol. The van der Waals surface area contributed by atoms with Gasteiger partial charge in [-0.1, -0.05) is 30.3 Å². The number of aromatic nitrogens is 2. The fraction of sp³-hybridized carbons (Fsp3) is 0.250. The van der Waals surface area contributed by atoms with Crippen LogP contribution >= 0.6 is 0 Å². The molecule has 0 spiro atoms. The van der Waals surface area contributed by atoms with Crippen molar-refractivity contribution in [3.8, 4) is 11.1 Å². The van der Waals surface area contributed by atoms with E-state index in [1.54, 1.807) is 10.9 Å². The van der Waals surface area contributed by atoms with Crippen LogP contribution in [0.5, 0.6) is 0 Å². The summed E-state index contributed by atoms with van der Waals surface area (Å²) in [6.07, 6.45) is 2.84. The van der Waals surface area contributed by atoms with Crippen LogP contribution in [-0.4, -0.2) is 32.7 Å². The lowest BCUT2D eigenvalue weighted by Crippen LogP contribution is -2.19. The topological polar surface area (TPSA) is 58.3 Å². The molecule has 0 radical (unpaired) electrons. The minimum atomic E-state index is -0.761. The van der Waals surface area contributed by atoms with E-state index in [4.69, 9.17) is 5.11 Å². The highest BCUT2D eigenvalue weighted by molar-refractivity contribution is 5.61. The summed E-state index contributed by atoms with van der Waals surface area (Å²) in [6, 6.07) is 9.90. The zero-order valence-corrected chi connectivity index (χ0v) is 8.82. The van der Waals surface area contributed by atoms with Crippen molar-refractivity contribution in [3.05, 3.63) is 42.7 Å². The van der Waals surface area contributed by atoms with E-state index >= 15 is 0 Å². The molecule has 84 valence electrons. The first-order valence-electron chi connectivity index (χ1n) is 5.16. The van der Waals surface area contributed by atoms with Gasteiger partial charge in [-0.25, -0.2) is 0 Å². The Balaban J connectivity index is 2.14. The molecule has 4 nitrogen and oxygen atoms in total. The van der Waals surface area contributed by atoms with E-state index in [0.717, 1.165) is 11.1 Å². The van der Waals surface area contributed by atoms with Gasteiger partial charge < -0.3 is 10.2 Å². The van der Waals surface area contributed by atoms with Crippen LogP contribution in [0.15, 0.2) is 42.7 Å². The van der Waals surface area contributed by atoms with E-state index < -0.39 is 6.10 Å². The highest BCUT2D eigenvalue weighted by atomic mass is 16.3. The van der Waals surface area contributed by atoms with E-state index in [-0.39, 0.29) is 6.61 Å². The summed E-state index contributed by atoms with van der Waals surface area (Å²) in [7, 11) is 0. The molecule has 1 aromatic heterocycles. The fourth-order valence-electron chi connectivity index (χ4n) is 1.52. The number of benzene rings is 1. The lowest BCUT2D eigenvalue weighted by atomic mass is 10.1. The second-order valence-corrected chi connectivity index (χ2v) is 3.65. The Bertz CT molecular complexity index is 439. The molecule has 0 saturated heterocycles. The summed E-state index contributed by atoms with van der Waals surface area (Å²) in [5.41, 5.74) is 2.10. The van der Waals surface area contributed by atoms with Crippen molar-refractivity contribution in [2.24, 2.45) is 0 Å². The van der Waals surface area contributed by atoms with Gasteiger partial charge in [0.25, 0.3) is 0 Å². The van der Waals surface area contributed by atoms with E-state index in [2.05, 4.69) is 5.10 Å². The normalized spacial score (nSPS) is 12.6. The van der Waals surface area contributed by atoms with Crippen LogP contribution in [0.4, 0.5) is 0 Å². The van der Waals surface area contributed by atoms with Gasteiger partial charge in [0.1, 0.15) is 0 Å². The van der Waals surface area contributed by atoms with Gasteiger partial charge in [0.15, 0.2) is 0 Å². The molecule has 0 saturated carbocycles. The molecule has 0 aliphatic heterocycles. The van der Waals surface area contributed by atoms with Gasteiger partial charge in [-0.3, -0.25) is 4.68 Å². The lowest BCUT2D eigenvalue weighted by molar-refractivity contribution is 0.0783. The third-order valence-corrected chi connectivity index (χ3v) is 2.35. The highest BCUT2D eigenvalue weighted by Crippen LogP contribution is 2.17. The minimum Gasteiger partial charge on any atom is -0.394 e. The van der Waals surface area contributed by atoms with Gasteiger partial charge in [0.05, 0.1) is 25.5 Å². The maximum Gasteiger partial charge on any atom is 0.0966 e. The van der Waals surface area contributed by atoms with E-state index in [1.807, 2.05) is 36.5 Å². The molecule has 2 aromatic rings. The summed E-state index contributed by atoms with van der Waals surface area (Å²) >= 11 is 0. The van der Waals surface area contributed by atoms with E-state index in [9.17, 15) is 5.11 Å². The summed E-state index contributed by atoms with van der Waals surface area (Å²) in [5.74, 6) is 0. The number of rotatable bonds is 4. The maximum absolute atomic E-state index is 9.28. The smallest absolute Gasteiger partial charge is 0.0966 e. The Labute approximate surface area is 93.8 Å². The molecule has 0 amide bonds. The average Bonchev–Trinajstić information content (AvgIpc) is 2.78. The van der Waals surface area contributed by atoms with Gasteiger partial charge in [-0.05, 0) is 5.56 Å². The SMILES string of the molecule is OCC(O)Cn1cc(-c2ccccc2)cn1. The minimum absolute atomic E-state index is 0.249. The first-order chi connectivity index (χ1) is 7.79. The Hall–Kier alpha value is -1.65. The Kier molecular flexibility index (Phi) is 3.34. The molecule has 0 aliphatic rings. The van der Waals surface area contributed by atoms with Crippen LogP contribution < -0.4 is 0 Å². The molecule has 0 bridgehead atoms. The summed E-state index contributed by atoms with van der Waals surface area (Å²) in [5, 5.41) is 22.1. The van der Waals surface area contributed by atoms with Gasteiger partial charge in [0.2, 0.25) is 0 Å². The Morgan fingerprint density at radius 1 is 1.19 bits per heavy atom. The molecule has 0 fully saturated rings. The molecule has 1 atom stereocenters. The van der Waals surface area contributed by atoms with E-state index in [0.29, 0.717) is 6.54 Å². The zero-order chi connectivity index (χ0) is 11.4. The number of aliphatic hydroxyl groups is 2. The monoisotopic (exact) mass is 218 g/mol. The van der Waals surface area contributed by atoms with Crippen molar-refractivity contribution >= 4 is 0 Å². The second kappa shape index (κ2) is 4.92. The predicted molar refractivity (Wildman–Crippen MR) is 60.8 cm³/mol.